The van der Waals surface area contributed by atoms with Crippen molar-refractivity contribution in [2.75, 3.05) is 0 Å². The molecular weight excluding hydrogens is 667 g/mol. The van der Waals surface area contributed by atoms with Gasteiger partial charge in [0.1, 0.15) is 0 Å². The number of fused-ring (bicyclic) bond motifs is 6. The van der Waals surface area contributed by atoms with E-state index in [0.717, 1.165) is 38.8 Å². The minimum atomic E-state index is 0.666. The van der Waals surface area contributed by atoms with E-state index in [4.69, 9.17) is 9.97 Å². The van der Waals surface area contributed by atoms with Crippen molar-refractivity contribution in [2.24, 2.45) is 0 Å². The Morgan fingerprint density at radius 2 is 0.836 bits per heavy atom. The third-order valence-corrected chi connectivity index (χ3v) is 11.0. The number of hydrogen-bond acceptors (Lipinski definition) is 2. The highest BCUT2D eigenvalue weighted by Crippen LogP contribution is 2.40. The molecule has 0 N–H and O–H groups in total. The van der Waals surface area contributed by atoms with Crippen LogP contribution in [0.5, 0.6) is 0 Å². The smallest absolute Gasteiger partial charge is 0.235 e. The highest BCUT2D eigenvalue weighted by atomic mass is 15.2. The van der Waals surface area contributed by atoms with Gasteiger partial charge >= 0.3 is 0 Å². The van der Waals surface area contributed by atoms with Crippen molar-refractivity contribution in [3.8, 4) is 50.6 Å². The Labute approximate surface area is 318 Å². The molecule has 11 aromatic rings. The minimum absolute atomic E-state index is 0.666. The molecule has 2 aromatic heterocycles. The number of aromatic nitrogens is 3. The molecule has 0 saturated heterocycles. The van der Waals surface area contributed by atoms with Gasteiger partial charge in [-0.2, -0.15) is 0 Å². The largest absolute Gasteiger partial charge is 0.278 e. The summed E-state index contributed by atoms with van der Waals surface area (Å²) in [5, 5.41) is 8.38. The first-order valence-corrected chi connectivity index (χ1v) is 18.7. The fraction of sp³-hybridized carbons (Fsp3) is 0. The summed E-state index contributed by atoms with van der Waals surface area (Å²) in [6, 6.07) is 71.7. The number of nitrogens with zero attached hydrogens (tertiary/aromatic N) is 3. The van der Waals surface area contributed by atoms with E-state index in [1.165, 1.54) is 60.1 Å². The van der Waals surface area contributed by atoms with Gasteiger partial charge in [0.2, 0.25) is 5.95 Å². The van der Waals surface area contributed by atoms with Crippen molar-refractivity contribution in [2.45, 2.75) is 0 Å². The van der Waals surface area contributed by atoms with E-state index in [0.29, 0.717) is 5.95 Å². The fourth-order valence-electron chi connectivity index (χ4n) is 8.48. The molecule has 0 amide bonds. The molecule has 3 heteroatoms. The predicted octanol–water partition coefficient (Wildman–Crippen LogP) is 13.7. The summed E-state index contributed by atoms with van der Waals surface area (Å²) < 4.78 is 2.20. The molecule has 0 fully saturated rings. The Kier molecular flexibility index (Phi) is 7.17. The quantitative estimate of drug-likeness (QED) is 0.179. The van der Waals surface area contributed by atoms with E-state index >= 15 is 0 Å². The number of hydrogen-bond donors (Lipinski definition) is 0. The Morgan fingerprint density at radius 3 is 1.56 bits per heavy atom. The molecule has 0 unspecified atom stereocenters. The topological polar surface area (TPSA) is 30.7 Å². The molecule has 0 radical (unpaired) electrons. The Hall–Kier alpha value is -7.36. The lowest BCUT2D eigenvalue weighted by Gasteiger charge is -2.15. The van der Waals surface area contributed by atoms with Gasteiger partial charge in [0.05, 0.1) is 22.2 Å². The van der Waals surface area contributed by atoms with Crippen molar-refractivity contribution in [3.05, 3.63) is 200 Å². The second-order valence-corrected chi connectivity index (χ2v) is 14.2. The van der Waals surface area contributed by atoms with Crippen LogP contribution in [0.2, 0.25) is 0 Å². The van der Waals surface area contributed by atoms with E-state index in [1.807, 2.05) is 6.07 Å². The summed E-state index contributed by atoms with van der Waals surface area (Å²) in [6.07, 6.45) is 0. The third kappa shape index (κ3) is 5.13. The molecule has 0 aliphatic heterocycles. The Morgan fingerprint density at radius 1 is 0.327 bits per heavy atom. The van der Waals surface area contributed by atoms with E-state index < -0.39 is 0 Å². The van der Waals surface area contributed by atoms with Crippen LogP contribution >= 0.6 is 0 Å². The Bertz CT molecular complexity index is 3200. The van der Waals surface area contributed by atoms with Crippen LogP contribution in [0, 0.1) is 0 Å². The summed E-state index contributed by atoms with van der Waals surface area (Å²) in [5.74, 6) is 0.666. The molecule has 11 rings (SSSR count). The van der Waals surface area contributed by atoms with E-state index in [9.17, 15) is 0 Å². The second kappa shape index (κ2) is 12.6. The zero-order valence-corrected chi connectivity index (χ0v) is 29.9. The predicted molar refractivity (Wildman–Crippen MR) is 231 cm³/mol. The van der Waals surface area contributed by atoms with Gasteiger partial charge in [-0.25, -0.2) is 9.97 Å². The Balaban J connectivity index is 1.04. The molecule has 0 spiro atoms. The van der Waals surface area contributed by atoms with Crippen LogP contribution in [-0.4, -0.2) is 14.5 Å². The molecule has 3 nitrogen and oxygen atoms in total. The van der Waals surface area contributed by atoms with Crippen molar-refractivity contribution in [1.82, 2.24) is 14.5 Å². The highest BCUT2D eigenvalue weighted by molar-refractivity contribution is 6.10. The molecule has 0 aliphatic rings. The zero-order valence-electron chi connectivity index (χ0n) is 29.9. The molecule has 2 heterocycles. The maximum absolute atomic E-state index is 5.32. The van der Waals surface area contributed by atoms with E-state index in [2.05, 4.69) is 199 Å². The summed E-state index contributed by atoms with van der Waals surface area (Å²) in [4.78, 5) is 10.5. The van der Waals surface area contributed by atoms with Crippen LogP contribution in [-0.2, 0) is 0 Å². The molecule has 0 aliphatic carbocycles. The first-order chi connectivity index (χ1) is 27.3. The molecule has 55 heavy (non-hydrogen) atoms. The highest BCUT2D eigenvalue weighted by Gasteiger charge is 2.18. The first-order valence-electron chi connectivity index (χ1n) is 18.7. The van der Waals surface area contributed by atoms with Crippen LogP contribution in [0.15, 0.2) is 200 Å². The first kappa shape index (κ1) is 31.2. The van der Waals surface area contributed by atoms with Gasteiger partial charge in [0.25, 0.3) is 0 Å². The standard InChI is InChI=1S/C52H33N3/c1-2-19-40-34(13-1)14-10-23-41(40)38-17-9-18-39(33-38)43-25-12-16-36-15-11-24-42(50(36)43)35-29-31-37(32-30-35)51-46-22-3-6-26-47(46)53-52(54-51)55-48-27-7-4-20-44(48)45-21-5-8-28-49(45)55/h1-33H. The van der Waals surface area contributed by atoms with Crippen molar-refractivity contribution < 1.29 is 0 Å². The van der Waals surface area contributed by atoms with Crippen molar-refractivity contribution in [3.63, 3.8) is 0 Å². The summed E-state index contributed by atoms with van der Waals surface area (Å²) in [5.41, 5.74) is 12.3. The van der Waals surface area contributed by atoms with E-state index in [-0.39, 0.29) is 0 Å². The molecule has 256 valence electrons. The van der Waals surface area contributed by atoms with E-state index in [1.54, 1.807) is 0 Å². The zero-order chi connectivity index (χ0) is 36.3. The monoisotopic (exact) mass is 699 g/mol. The third-order valence-electron chi connectivity index (χ3n) is 11.0. The maximum Gasteiger partial charge on any atom is 0.235 e. The van der Waals surface area contributed by atoms with Gasteiger partial charge in [0.15, 0.2) is 0 Å². The molecule has 0 saturated carbocycles. The molecule has 0 atom stereocenters. The lowest BCUT2D eigenvalue weighted by Crippen LogP contribution is -2.03. The number of rotatable bonds is 5. The fourth-order valence-corrected chi connectivity index (χ4v) is 8.48. The molecule has 0 bridgehead atoms. The van der Waals surface area contributed by atoms with Gasteiger partial charge in [-0.05, 0) is 79.2 Å². The molecule has 9 aromatic carbocycles. The minimum Gasteiger partial charge on any atom is -0.278 e. The average Bonchev–Trinajstić information content (AvgIpc) is 3.60. The van der Waals surface area contributed by atoms with Crippen LogP contribution in [0.3, 0.4) is 0 Å². The normalized spacial score (nSPS) is 11.6. The van der Waals surface area contributed by atoms with Crippen molar-refractivity contribution in [1.29, 1.82) is 0 Å². The number of benzene rings is 9. The van der Waals surface area contributed by atoms with Gasteiger partial charge in [0, 0.05) is 21.7 Å². The van der Waals surface area contributed by atoms with Crippen molar-refractivity contribution >= 4 is 54.3 Å². The van der Waals surface area contributed by atoms with Crippen LogP contribution < -0.4 is 0 Å². The lowest BCUT2D eigenvalue weighted by atomic mass is 9.89. The lowest BCUT2D eigenvalue weighted by molar-refractivity contribution is 1.01. The second-order valence-electron chi connectivity index (χ2n) is 14.2. The average molecular weight is 700 g/mol. The van der Waals surface area contributed by atoms with Crippen LogP contribution in [0.25, 0.3) is 105 Å². The summed E-state index contributed by atoms with van der Waals surface area (Å²) in [6.45, 7) is 0. The van der Waals surface area contributed by atoms with Gasteiger partial charge < -0.3 is 0 Å². The van der Waals surface area contributed by atoms with Crippen LogP contribution in [0.1, 0.15) is 0 Å². The number of para-hydroxylation sites is 3. The SMILES string of the molecule is c1cc(-c2cccc3ccccc23)cc(-c2cccc3cccc(-c4ccc(-c5nc(-n6c7ccccc7c7ccccc76)nc6ccccc56)cc4)c23)c1. The van der Waals surface area contributed by atoms with Crippen LogP contribution in [0.4, 0.5) is 0 Å². The summed E-state index contributed by atoms with van der Waals surface area (Å²) in [7, 11) is 0. The van der Waals surface area contributed by atoms with Gasteiger partial charge in [-0.15, -0.1) is 0 Å². The maximum atomic E-state index is 5.32. The van der Waals surface area contributed by atoms with Gasteiger partial charge in [-0.1, -0.05) is 176 Å². The molecular formula is C52H33N3. The summed E-state index contributed by atoms with van der Waals surface area (Å²) >= 11 is 0. The van der Waals surface area contributed by atoms with Gasteiger partial charge in [-0.3, -0.25) is 4.57 Å².